The fourth-order valence-corrected chi connectivity index (χ4v) is 2.65. The molecule has 2 heterocycles. The second-order valence-electron chi connectivity index (χ2n) is 3.79. The van der Waals surface area contributed by atoms with Gasteiger partial charge in [-0.25, -0.2) is 4.98 Å². The maximum absolute atomic E-state index is 5.84. The van der Waals surface area contributed by atoms with Crippen LogP contribution in [0.5, 0.6) is 0 Å². The van der Waals surface area contributed by atoms with Crippen molar-refractivity contribution < 1.29 is 4.74 Å². The first kappa shape index (κ1) is 10.0. The van der Waals surface area contributed by atoms with Gasteiger partial charge in [0.1, 0.15) is 10.8 Å². The molecule has 14 heavy (non-hydrogen) atoms. The van der Waals surface area contributed by atoms with E-state index < -0.39 is 0 Å². The Morgan fingerprint density at radius 2 is 2.50 bits per heavy atom. The maximum Gasteiger partial charge on any atom is 0.139 e. The van der Waals surface area contributed by atoms with E-state index in [1.165, 1.54) is 11.5 Å². The SMILES string of the molecule is Cc1nsc(C2(CN)CCCOC2)n1. The van der Waals surface area contributed by atoms with E-state index in [1.54, 1.807) is 0 Å². The molecular weight excluding hydrogens is 198 g/mol. The summed E-state index contributed by atoms with van der Waals surface area (Å²) in [4.78, 5) is 4.42. The Bertz CT molecular complexity index is 307. The van der Waals surface area contributed by atoms with Gasteiger partial charge in [-0.1, -0.05) is 0 Å². The van der Waals surface area contributed by atoms with Crippen LogP contribution in [0, 0.1) is 6.92 Å². The zero-order chi connectivity index (χ0) is 10.0. The van der Waals surface area contributed by atoms with Crippen molar-refractivity contribution in [2.75, 3.05) is 19.8 Å². The molecule has 0 saturated carbocycles. The van der Waals surface area contributed by atoms with E-state index in [1.807, 2.05) is 6.92 Å². The number of hydrogen-bond donors (Lipinski definition) is 1. The standard InChI is InChI=1S/C9H15N3OS/c1-7-11-8(14-12-7)9(5-10)3-2-4-13-6-9/h2-6,10H2,1H3. The van der Waals surface area contributed by atoms with Crippen LogP contribution in [0.1, 0.15) is 23.7 Å². The Morgan fingerprint density at radius 3 is 3.00 bits per heavy atom. The van der Waals surface area contributed by atoms with Gasteiger partial charge in [0.25, 0.3) is 0 Å². The molecule has 1 atom stereocenters. The summed E-state index contributed by atoms with van der Waals surface area (Å²) >= 11 is 1.46. The van der Waals surface area contributed by atoms with Crippen molar-refractivity contribution in [3.63, 3.8) is 0 Å². The van der Waals surface area contributed by atoms with Crippen LogP contribution in [-0.2, 0) is 10.2 Å². The van der Waals surface area contributed by atoms with E-state index in [2.05, 4.69) is 9.36 Å². The summed E-state index contributed by atoms with van der Waals surface area (Å²) in [5.41, 5.74) is 5.77. The van der Waals surface area contributed by atoms with Crippen molar-refractivity contribution in [2.24, 2.45) is 5.73 Å². The molecule has 5 heteroatoms. The first-order valence-corrected chi connectivity index (χ1v) is 5.63. The van der Waals surface area contributed by atoms with E-state index in [4.69, 9.17) is 10.5 Å². The minimum atomic E-state index is -0.0653. The lowest BCUT2D eigenvalue weighted by atomic mass is 9.83. The second-order valence-corrected chi connectivity index (χ2v) is 4.54. The van der Waals surface area contributed by atoms with Gasteiger partial charge >= 0.3 is 0 Å². The molecule has 1 unspecified atom stereocenters. The first-order chi connectivity index (χ1) is 6.77. The summed E-state index contributed by atoms with van der Waals surface area (Å²) in [5.74, 6) is 0.836. The van der Waals surface area contributed by atoms with Gasteiger partial charge in [0.05, 0.1) is 12.0 Å². The average molecular weight is 213 g/mol. The normalized spacial score (nSPS) is 27.9. The van der Waals surface area contributed by atoms with Crippen molar-refractivity contribution in [3.8, 4) is 0 Å². The summed E-state index contributed by atoms with van der Waals surface area (Å²) in [6.07, 6.45) is 2.13. The quantitative estimate of drug-likeness (QED) is 0.791. The highest BCUT2D eigenvalue weighted by Gasteiger charge is 2.36. The van der Waals surface area contributed by atoms with Gasteiger partial charge in [0.2, 0.25) is 0 Å². The predicted octanol–water partition coefficient (Wildman–Crippen LogP) is 0.853. The Labute approximate surface area is 87.7 Å². The summed E-state index contributed by atoms with van der Waals surface area (Å²) in [7, 11) is 0. The van der Waals surface area contributed by atoms with E-state index in [-0.39, 0.29) is 5.41 Å². The van der Waals surface area contributed by atoms with Crippen molar-refractivity contribution in [1.82, 2.24) is 9.36 Å². The molecule has 1 fully saturated rings. The molecule has 1 aliphatic rings. The fourth-order valence-electron chi connectivity index (χ4n) is 1.78. The molecule has 1 aromatic rings. The van der Waals surface area contributed by atoms with Gasteiger partial charge in [-0.05, 0) is 31.3 Å². The Kier molecular flexibility index (Phi) is 2.80. The molecule has 0 bridgehead atoms. The fraction of sp³-hybridized carbons (Fsp3) is 0.778. The predicted molar refractivity (Wildman–Crippen MR) is 55.4 cm³/mol. The lowest BCUT2D eigenvalue weighted by Gasteiger charge is -2.33. The van der Waals surface area contributed by atoms with Gasteiger partial charge in [-0.2, -0.15) is 4.37 Å². The van der Waals surface area contributed by atoms with Crippen molar-refractivity contribution in [3.05, 3.63) is 10.8 Å². The number of nitrogens with zero attached hydrogens (tertiary/aromatic N) is 2. The van der Waals surface area contributed by atoms with Crippen LogP contribution in [0.4, 0.5) is 0 Å². The molecule has 2 rings (SSSR count). The second kappa shape index (κ2) is 3.92. The molecule has 0 amide bonds. The van der Waals surface area contributed by atoms with Crippen LogP contribution in [0.3, 0.4) is 0 Å². The minimum Gasteiger partial charge on any atom is -0.380 e. The molecule has 0 spiro atoms. The number of aryl methyl sites for hydroxylation is 1. The van der Waals surface area contributed by atoms with Gasteiger partial charge in [-0.3, -0.25) is 0 Å². The molecule has 1 aromatic heterocycles. The van der Waals surface area contributed by atoms with Crippen molar-refractivity contribution >= 4 is 11.5 Å². The highest BCUT2D eigenvalue weighted by atomic mass is 32.1. The topological polar surface area (TPSA) is 61.0 Å². The number of aromatic nitrogens is 2. The zero-order valence-corrected chi connectivity index (χ0v) is 9.14. The van der Waals surface area contributed by atoms with Crippen molar-refractivity contribution in [2.45, 2.75) is 25.2 Å². The highest BCUT2D eigenvalue weighted by molar-refractivity contribution is 7.05. The molecule has 2 N–H and O–H groups in total. The highest BCUT2D eigenvalue weighted by Crippen LogP contribution is 2.32. The molecule has 4 nitrogen and oxygen atoms in total. The van der Waals surface area contributed by atoms with Crippen molar-refractivity contribution in [1.29, 1.82) is 0 Å². The molecule has 1 aliphatic heterocycles. The lowest BCUT2D eigenvalue weighted by Crippen LogP contribution is -2.42. The van der Waals surface area contributed by atoms with Crippen LogP contribution in [0.15, 0.2) is 0 Å². The molecule has 78 valence electrons. The molecule has 0 radical (unpaired) electrons. The van der Waals surface area contributed by atoms with E-state index in [0.717, 1.165) is 30.3 Å². The summed E-state index contributed by atoms with van der Waals surface area (Å²) in [5, 5.41) is 1.04. The first-order valence-electron chi connectivity index (χ1n) is 4.85. The lowest BCUT2D eigenvalue weighted by molar-refractivity contribution is 0.0376. The summed E-state index contributed by atoms with van der Waals surface area (Å²) < 4.78 is 9.70. The Hall–Kier alpha value is -0.520. The molecule has 0 aromatic carbocycles. The van der Waals surface area contributed by atoms with Crippen LogP contribution in [-0.4, -0.2) is 29.1 Å². The van der Waals surface area contributed by atoms with Gasteiger partial charge in [0, 0.05) is 13.2 Å². The van der Waals surface area contributed by atoms with E-state index in [9.17, 15) is 0 Å². The number of ether oxygens (including phenoxy) is 1. The van der Waals surface area contributed by atoms with E-state index in [0.29, 0.717) is 13.2 Å². The third-order valence-corrected chi connectivity index (χ3v) is 3.75. The van der Waals surface area contributed by atoms with Crippen LogP contribution >= 0.6 is 11.5 Å². The Morgan fingerprint density at radius 1 is 1.64 bits per heavy atom. The summed E-state index contributed by atoms with van der Waals surface area (Å²) in [6, 6.07) is 0. The smallest absolute Gasteiger partial charge is 0.139 e. The number of hydrogen-bond acceptors (Lipinski definition) is 5. The third-order valence-electron chi connectivity index (χ3n) is 2.69. The van der Waals surface area contributed by atoms with Gasteiger partial charge in [-0.15, -0.1) is 0 Å². The average Bonchev–Trinajstić information content (AvgIpc) is 2.66. The van der Waals surface area contributed by atoms with Gasteiger partial charge < -0.3 is 10.5 Å². The van der Waals surface area contributed by atoms with Gasteiger partial charge in [0.15, 0.2) is 0 Å². The summed E-state index contributed by atoms with van der Waals surface area (Å²) in [6.45, 7) is 4.05. The third kappa shape index (κ3) is 1.67. The Balaban J connectivity index is 2.26. The minimum absolute atomic E-state index is 0.0653. The maximum atomic E-state index is 5.84. The van der Waals surface area contributed by atoms with Crippen LogP contribution < -0.4 is 5.73 Å². The van der Waals surface area contributed by atoms with Crippen LogP contribution in [0.2, 0.25) is 0 Å². The number of nitrogens with two attached hydrogens (primary N) is 1. The molecular formula is C9H15N3OS. The monoisotopic (exact) mass is 213 g/mol. The largest absolute Gasteiger partial charge is 0.380 e. The number of rotatable bonds is 2. The zero-order valence-electron chi connectivity index (χ0n) is 8.32. The molecule has 1 saturated heterocycles. The molecule has 0 aliphatic carbocycles. The van der Waals surface area contributed by atoms with E-state index >= 15 is 0 Å². The van der Waals surface area contributed by atoms with Crippen LogP contribution in [0.25, 0.3) is 0 Å².